The van der Waals surface area contributed by atoms with Gasteiger partial charge in [-0.25, -0.2) is 0 Å². The molecule has 2 aliphatic heterocycles. The first-order valence-electron chi connectivity index (χ1n) is 7.65. The first-order chi connectivity index (χ1) is 10.1. The van der Waals surface area contributed by atoms with Crippen molar-refractivity contribution in [3.8, 4) is 0 Å². The number of carbonyl (C=O) groups excluding carboxylic acids is 2. The average molecular weight is 302 g/mol. The van der Waals surface area contributed by atoms with E-state index in [4.69, 9.17) is 19.8 Å². The van der Waals surface area contributed by atoms with Crippen LogP contribution in [0.4, 0.5) is 0 Å². The van der Waals surface area contributed by atoms with Crippen LogP contribution in [0.2, 0.25) is 0 Å². The van der Waals surface area contributed by atoms with Crippen molar-refractivity contribution >= 4 is 11.9 Å². The van der Waals surface area contributed by atoms with Crippen molar-refractivity contribution < 1.29 is 30.4 Å². The lowest BCUT2D eigenvalue weighted by Crippen LogP contribution is -2.96. The third-order valence-electron chi connectivity index (χ3n) is 3.67. The maximum atomic E-state index is 8.93. The number of rotatable bonds is 4. The molecule has 0 amide bonds. The highest BCUT2D eigenvalue weighted by Gasteiger charge is 2.18. The van der Waals surface area contributed by atoms with Gasteiger partial charge >= 0.3 is 0 Å². The smallest absolute Gasteiger partial charge is 0.139 e. The van der Waals surface area contributed by atoms with E-state index in [1.165, 1.54) is 58.3 Å². The molecule has 2 unspecified atom stereocenters. The summed E-state index contributed by atoms with van der Waals surface area (Å²) in [6.45, 7) is 5.06. The number of nitrogens with two attached hydrogens (primary N) is 2. The molecule has 2 fully saturated rings. The first-order valence-corrected chi connectivity index (χ1v) is 7.65. The van der Waals surface area contributed by atoms with Crippen LogP contribution in [0, 0.1) is 0 Å². The van der Waals surface area contributed by atoms with Gasteiger partial charge in [0.05, 0.1) is 25.0 Å². The molecule has 2 rings (SSSR count). The minimum absolute atomic E-state index is 0.697. The molecule has 0 bridgehead atoms. The molecule has 0 aliphatic carbocycles. The molecule has 0 spiro atoms. The zero-order valence-corrected chi connectivity index (χ0v) is 12.3. The number of carboxylic acid groups (broad SMARTS) is 2. The summed E-state index contributed by atoms with van der Waals surface area (Å²) >= 11 is 0. The molecule has 122 valence electrons. The fraction of sp³-hybridized carbons (Fsp3) is 0.846. The monoisotopic (exact) mass is 302 g/mol. The highest BCUT2D eigenvalue weighted by molar-refractivity contribution is 6.25. The Kier molecular flexibility index (Phi) is 8.91. The number of aliphatic carboxylic acids is 2. The van der Waals surface area contributed by atoms with Crippen molar-refractivity contribution in [3.63, 3.8) is 0 Å². The maximum Gasteiger partial charge on any atom is 0.139 e. The molecule has 0 aromatic heterocycles. The number of carboxylic acids is 2. The van der Waals surface area contributed by atoms with Gasteiger partial charge in [0, 0.05) is 38.8 Å². The largest absolute Gasteiger partial charge is 0.543 e. The summed E-state index contributed by atoms with van der Waals surface area (Å²) in [6, 6.07) is 0. The Morgan fingerprint density at radius 2 is 1.33 bits per heavy atom. The Morgan fingerprint density at radius 3 is 1.62 bits per heavy atom. The highest BCUT2D eigenvalue weighted by atomic mass is 16.4. The van der Waals surface area contributed by atoms with Crippen LogP contribution in [0.5, 0.6) is 0 Å². The number of nitrogens with one attached hydrogen (secondary N) is 2. The molecule has 0 saturated carbocycles. The summed E-state index contributed by atoms with van der Waals surface area (Å²) in [5.74, 6) is -4.37. The van der Waals surface area contributed by atoms with E-state index in [2.05, 4.69) is 21.3 Å². The molecule has 2 aliphatic rings. The van der Waals surface area contributed by atoms with Gasteiger partial charge in [0.1, 0.15) is 12.3 Å². The summed E-state index contributed by atoms with van der Waals surface area (Å²) in [6.07, 6.45) is 8.05. The predicted octanol–water partition coefficient (Wildman–Crippen LogP) is -5.59. The minimum atomic E-state index is -2.19. The second-order valence-corrected chi connectivity index (χ2v) is 5.38. The van der Waals surface area contributed by atoms with Gasteiger partial charge in [-0.1, -0.05) is 0 Å². The third kappa shape index (κ3) is 8.61. The predicted molar refractivity (Wildman–Crippen MR) is 70.3 cm³/mol. The second kappa shape index (κ2) is 10.5. The van der Waals surface area contributed by atoms with Crippen LogP contribution in [0.15, 0.2) is 0 Å². The van der Waals surface area contributed by atoms with Crippen LogP contribution in [0.1, 0.15) is 32.1 Å². The van der Waals surface area contributed by atoms with Gasteiger partial charge in [-0.15, -0.1) is 0 Å². The lowest BCUT2D eigenvalue weighted by atomic mass is 10.1. The number of hydrogen-bond acceptors (Lipinski definition) is 6. The SMILES string of the molecule is C1CNC(CCCC2NCCC[NH2+]2)[NH2+]C1.O=C([O-])C(=O)[O-]. The van der Waals surface area contributed by atoms with E-state index in [0.29, 0.717) is 12.3 Å². The zero-order chi connectivity index (χ0) is 15.5. The van der Waals surface area contributed by atoms with E-state index in [1.54, 1.807) is 0 Å². The van der Waals surface area contributed by atoms with Crippen molar-refractivity contribution in [2.75, 3.05) is 26.2 Å². The van der Waals surface area contributed by atoms with E-state index in [-0.39, 0.29) is 0 Å². The van der Waals surface area contributed by atoms with Crippen molar-refractivity contribution in [2.45, 2.75) is 44.4 Å². The van der Waals surface area contributed by atoms with Gasteiger partial charge in [0.2, 0.25) is 0 Å². The molecule has 21 heavy (non-hydrogen) atoms. The van der Waals surface area contributed by atoms with Crippen LogP contribution in [0.25, 0.3) is 0 Å². The topological polar surface area (TPSA) is 138 Å². The van der Waals surface area contributed by atoms with E-state index >= 15 is 0 Å². The van der Waals surface area contributed by atoms with E-state index < -0.39 is 11.9 Å². The molecular formula is C13H26N4O4. The Balaban J connectivity index is 0.000000315. The molecule has 8 heteroatoms. The fourth-order valence-corrected chi connectivity index (χ4v) is 2.58. The molecular weight excluding hydrogens is 276 g/mol. The van der Waals surface area contributed by atoms with Crippen LogP contribution in [-0.2, 0) is 9.59 Å². The molecule has 0 aromatic carbocycles. The van der Waals surface area contributed by atoms with Crippen molar-refractivity contribution in [3.05, 3.63) is 0 Å². The first kappa shape index (κ1) is 17.8. The summed E-state index contributed by atoms with van der Waals surface area (Å²) in [7, 11) is 0. The quantitative estimate of drug-likeness (QED) is 0.382. The van der Waals surface area contributed by atoms with Gasteiger partial charge in [0.15, 0.2) is 0 Å². The number of hydrogen-bond donors (Lipinski definition) is 4. The third-order valence-corrected chi connectivity index (χ3v) is 3.67. The zero-order valence-electron chi connectivity index (χ0n) is 12.3. The van der Waals surface area contributed by atoms with Gasteiger partial charge in [0.25, 0.3) is 0 Å². The van der Waals surface area contributed by atoms with E-state index in [9.17, 15) is 0 Å². The Hall–Kier alpha value is -1.22. The van der Waals surface area contributed by atoms with Gasteiger partial charge in [-0.2, -0.15) is 0 Å². The summed E-state index contributed by atoms with van der Waals surface area (Å²) < 4.78 is 0. The van der Waals surface area contributed by atoms with Crippen LogP contribution >= 0.6 is 0 Å². The maximum absolute atomic E-state index is 8.93. The molecule has 6 N–H and O–H groups in total. The second-order valence-electron chi connectivity index (χ2n) is 5.38. The normalized spacial score (nSPS) is 25.5. The summed E-state index contributed by atoms with van der Waals surface area (Å²) in [5, 5.41) is 29.9. The highest BCUT2D eigenvalue weighted by Crippen LogP contribution is 2.00. The van der Waals surface area contributed by atoms with Crippen LogP contribution < -0.4 is 31.5 Å². The van der Waals surface area contributed by atoms with Gasteiger partial charge in [-0.3, -0.25) is 10.6 Å². The number of carbonyl (C=O) groups is 2. The van der Waals surface area contributed by atoms with E-state index in [1.807, 2.05) is 0 Å². The van der Waals surface area contributed by atoms with E-state index in [0.717, 1.165) is 0 Å². The Labute approximate surface area is 124 Å². The average Bonchev–Trinajstić information content (AvgIpc) is 2.50. The number of quaternary nitrogens is 2. The van der Waals surface area contributed by atoms with Crippen molar-refractivity contribution in [1.82, 2.24) is 10.6 Å². The molecule has 0 aromatic rings. The minimum Gasteiger partial charge on any atom is -0.543 e. The summed E-state index contributed by atoms with van der Waals surface area (Å²) in [4.78, 5) is 17.9. The fourth-order valence-electron chi connectivity index (χ4n) is 2.58. The van der Waals surface area contributed by atoms with Crippen LogP contribution in [0.3, 0.4) is 0 Å². The van der Waals surface area contributed by atoms with Crippen molar-refractivity contribution in [2.24, 2.45) is 0 Å². The van der Waals surface area contributed by atoms with Crippen molar-refractivity contribution in [1.29, 1.82) is 0 Å². The Bertz CT molecular complexity index is 285. The van der Waals surface area contributed by atoms with Gasteiger partial charge < -0.3 is 30.4 Å². The summed E-state index contributed by atoms with van der Waals surface area (Å²) in [5.41, 5.74) is 0. The van der Waals surface area contributed by atoms with Crippen LogP contribution in [-0.4, -0.2) is 50.4 Å². The lowest BCUT2D eigenvalue weighted by Gasteiger charge is -2.24. The molecule has 2 atom stereocenters. The molecule has 2 saturated heterocycles. The molecule has 2 heterocycles. The molecule has 0 radical (unpaired) electrons. The molecule has 8 nitrogen and oxygen atoms in total. The lowest BCUT2D eigenvalue weighted by molar-refractivity contribution is -0.706. The van der Waals surface area contributed by atoms with Gasteiger partial charge in [-0.05, 0) is 6.42 Å². The Morgan fingerprint density at radius 1 is 0.905 bits per heavy atom. The standard InChI is InChI=1S/C11H24N4.C2H2O4/c1(4-10-12-6-2-7-13-10)5-11-14-8-3-9-15-11;3-1(4)2(5)6/h10-15H,1-9H2;(H,3,4)(H,5,6).